The van der Waals surface area contributed by atoms with Gasteiger partial charge in [-0.25, -0.2) is 0 Å². The van der Waals surface area contributed by atoms with Crippen LogP contribution in [0, 0.1) is 0 Å². The Hall–Kier alpha value is -1.03. The van der Waals surface area contributed by atoms with Gasteiger partial charge in [-0.15, -0.1) is 0 Å². The average molecular weight is 309 g/mol. The molecule has 4 heteroatoms. The largest absolute Gasteiger partial charge is 0.359 e. The van der Waals surface area contributed by atoms with Crippen molar-refractivity contribution >= 4 is 33.2 Å². The topological polar surface area (TPSA) is 32.3 Å². The van der Waals surface area contributed by atoms with Gasteiger partial charge in [0.25, 0.3) is 0 Å². The zero-order valence-corrected chi connectivity index (χ0v) is 12.1. The number of hydrogen-bond donors (Lipinski definition) is 1. The van der Waals surface area contributed by atoms with Crippen LogP contribution in [-0.4, -0.2) is 18.5 Å². The van der Waals surface area contributed by atoms with Gasteiger partial charge >= 0.3 is 0 Å². The van der Waals surface area contributed by atoms with Crippen LogP contribution in [0.1, 0.15) is 32.1 Å². The first-order chi connectivity index (χ1) is 8.63. The van der Waals surface area contributed by atoms with E-state index in [0.717, 1.165) is 41.5 Å². The molecule has 2 aliphatic rings. The predicted molar refractivity (Wildman–Crippen MR) is 77.0 cm³/mol. The number of amides is 1. The van der Waals surface area contributed by atoms with Crippen molar-refractivity contribution in [2.75, 3.05) is 17.3 Å². The molecule has 1 fully saturated rings. The molecule has 96 valence electrons. The van der Waals surface area contributed by atoms with E-state index in [9.17, 15) is 4.79 Å². The highest BCUT2D eigenvalue weighted by atomic mass is 79.9. The Labute approximate surface area is 116 Å². The van der Waals surface area contributed by atoms with Gasteiger partial charge in [0.2, 0.25) is 5.91 Å². The van der Waals surface area contributed by atoms with Crippen molar-refractivity contribution in [3.8, 4) is 0 Å². The first kappa shape index (κ1) is 12.0. The van der Waals surface area contributed by atoms with Crippen molar-refractivity contribution in [3.63, 3.8) is 0 Å². The molecule has 1 N–H and O–H groups in total. The maximum absolute atomic E-state index is 12.5. The number of carbonyl (C=O) groups excluding carboxylic acids is 1. The van der Waals surface area contributed by atoms with Gasteiger partial charge in [-0.05, 0) is 31.0 Å². The lowest BCUT2D eigenvalue weighted by atomic mass is 9.78. The van der Waals surface area contributed by atoms with Crippen molar-refractivity contribution in [1.29, 1.82) is 0 Å². The number of nitrogens with one attached hydrogen (secondary N) is 1. The number of hydrogen-bond acceptors (Lipinski definition) is 2. The van der Waals surface area contributed by atoms with Gasteiger partial charge in [0.15, 0.2) is 0 Å². The first-order valence-electron chi connectivity index (χ1n) is 6.48. The van der Waals surface area contributed by atoms with Crippen molar-refractivity contribution in [2.24, 2.45) is 0 Å². The van der Waals surface area contributed by atoms with Crippen LogP contribution in [0.5, 0.6) is 0 Å². The second-order valence-electron chi connectivity index (χ2n) is 5.27. The number of fused-ring (bicyclic) bond motifs is 1. The Kier molecular flexibility index (Phi) is 2.85. The third-order valence-corrected chi connectivity index (χ3v) is 4.81. The van der Waals surface area contributed by atoms with E-state index in [1.807, 2.05) is 12.1 Å². The molecule has 1 aliphatic carbocycles. The van der Waals surface area contributed by atoms with Crippen LogP contribution < -0.4 is 10.2 Å². The Balaban J connectivity index is 2.06. The van der Waals surface area contributed by atoms with Gasteiger partial charge in [-0.3, -0.25) is 4.79 Å². The molecule has 1 saturated carbocycles. The number of halogens is 1. The van der Waals surface area contributed by atoms with Crippen molar-refractivity contribution in [2.45, 2.75) is 37.6 Å². The monoisotopic (exact) mass is 308 g/mol. The number of rotatable bonds is 0. The molecule has 18 heavy (non-hydrogen) atoms. The van der Waals surface area contributed by atoms with Gasteiger partial charge in [0.05, 0.1) is 11.4 Å². The molecule has 1 aromatic rings. The number of anilines is 2. The van der Waals surface area contributed by atoms with Crippen LogP contribution >= 0.6 is 15.9 Å². The minimum atomic E-state index is -0.320. The molecule has 3 rings (SSSR count). The van der Waals surface area contributed by atoms with E-state index in [1.54, 1.807) is 0 Å². The van der Waals surface area contributed by atoms with Gasteiger partial charge in [-0.2, -0.15) is 0 Å². The summed E-state index contributed by atoms with van der Waals surface area (Å²) in [6.07, 6.45) is 5.46. The van der Waals surface area contributed by atoms with E-state index < -0.39 is 0 Å². The fourth-order valence-corrected chi connectivity index (χ4v) is 3.58. The summed E-state index contributed by atoms with van der Waals surface area (Å²) in [6.45, 7) is 0. The summed E-state index contributed by atoms with van der Waals surface area (Å²) in [4.78, 5) is 14.7. The maximum Gasteiger partial charge on any atom is 0.250 e. The van der Waals surface area contributed by atoms with Gasteiger partial charge < -0.3 is 10.2 Å². The maximum atomic E-state index is 12.5. The fourth-order valence-electron chi connectivity index (χ4n) is 3.22. The van der Waals surface area contributed by atoms with Crippen LogP contribution in [0.2, 0.25) is 0 Å². The van der Waals surface area contributed by atoms with E-state index in [0.29, 0.717) is 0 Å². The summed E-state index contributed by atoms with van der Waals surface area (Å²) in [5, 5.41) is 3.08. The van der Waals surface area contributed by atoms with Crippen molar-refractivity contribution in [3.05, 3.63) is 22.7 Å². The average Bonchev–Trinajstić information content (AvgIpc) is 2.37. The molecule has 0 unspecified atom stereocenters. The lowest BCUT2D eigenvalue weighted by molar-refractivity contribution is -0.122. The summed E-state index contributed by atoms with van der Waals surface area (Å²) in [5.41, 5.74) is 1.71. The highest BCUT2D eigenvalue weighted by molar-refractivity contribution is 9.10. The van der Waals surface area contributed by atoms with Crippen molar-refractivity contribution in [1.82, 2.24) is 0 Å². The van der Waals surface area contributed by atoms with Crippen LogP contribution in [-0.2, 0) is 4.79 Å². The van der Waals surface area contributed by atoms with Crippen LogP contribution in [0.3, 0.4) is 0 Å². The molecule has 0 atom stereocenters. The Morgan fingerprint density at radius 2 is 2.00 bits per heavy atom. The zero-order chi connectivity index (χ0) is 12.8. The summed E-state index contributed by atoms with van der Waals surface area (Å²) in [6, 6.07) is 6.08. The SMILES string of the molecule is CN1c2ccc(Br)cc2NC(=O)C12CCCCC2. The molecule has 0 radical (unpaired) electrons. The molecule has 1 aliphatic heterocycles. The third kappa shape index (κ3) is 1.66. The summed E-state index contributed by atoms with van der Waals surface area (Å²) in [5.74, 6) is 0.162. The molecule has 0 aromatic heterocycles. The quantitative estimate of drug-likeness (QED) is 0.795. The van der Waals surface area contributed by atoms with E-state index in [1.165, 1.54) is 6.42 Å². The summed E-state index contributed by atoms with van der Waals surface area (Å²) < 4.78 is 0.995. The minimum absolute atomic E-state index is 0.162. The molecular formula is C14H17BrN2O. The van der Waals surface area contributed by atoms with Gasteiger partial charge in [0.1, 0.15) is 5.54 Å². The minimum Gasteiger partial charge on any atom is -0.359 e. The molecule has 3 nitrogen and oxygen atoms in total. The first-order valence-corrected chi connectivity index (χ1v) is 7.28. The summed E-state index contributed by atoms with van der Waals surface area (Å²) >= 11 is 3.45. The number of likely N-dealkylation sites (N-methyl/N-ethyl adjacent to an activating group) is 1. The second kappa shape index (κ2) is 4.26. The van der Waals surface area contributed by atoms with E-state index in [-0.39, 0.29) is 11.4 Å². The third-order valence-electron chi connectivity index (χ3n) is 4.31. The summed E-state index contributed by atoms with van der Waals surface area (Å²) in [7, 11) is 2.05. The second-order valence-corrected chi connectivity index (χ2v) is 6.18. The van der Waals surface area contributed by atoms with Crippen LogP contribution in [0.25, 0.3) is 0 Å². The molecule has 0 bridgehead atoms. The highest BCUT2D eigenvalue weighted by Crippen LogP contribution is 2.43. The lowest BCUT2D eigenvalue weighted by Gasteiger charge is -2.48. The van der Waals surface area contributed by atoms with Gasteiger partial charge in [0, 0.05) is 11.5 Å². The highest BCUT2D eigenvalue weighted by Gasteiger charge is 2.46. The van der Waals surface area contributed by atoms with Crippen LogP contribution in [0.15, 0.2) is 22.7 Å². The Morgan fingerprint density at radius 3 is 2.72 bits per heavy atom. The molecule has 1 aromatic carbocycles. The molecule has 0 saturated heterocycles. The van der Waals surface area contributed by atoms with E-state index in [2.05, 4.69) is 39.3 Å². The standard InChI is InChI=1S/C14H17BrN2O/c1-17-12-6-5-10(15)9-11(12)16-13(18)14(17)7-3-2-4-8-14/h5-6,9H,2-4,7-8H2,1H3,(H,16,18). The number of carbonyl (C=O) groups is 1. The molecule has 1 heterocycles. The number of benzene rings is 1. The molecular weight excluding hydrogens is 292 g/mol. The fraction of sp³-hybridized carbons (Fsp3) is 0.500. The van der Waals surface area contributed by atoms with Gasteiger partial charge in [-0.1, -0.05) is 35.2 Å². The normalized spacial score (nSPS) is 21.7. The number of nitrogens with zero attached hydrogens (tertiary/aromatic N) is 1. The smallest absolute Gasteiger partial charge is 0.250 e. The Morgan fingerprint density at radius 1 is 1.28 bits per heavy atom. The molecule has 1 spiro atoms. The van der Waals surface area contributed by atoms with Crippen LogP contribution in [0.4, 0.5) is 11.4 Å². The van der Waals surface area contributed by atoms with E-state index >= 15 is 0 Å². The lowest BCUT2D eigenvalue weighted by Crippen LogP contribution is -2.59. The zero-order valence-electron chi connectivity index (χ0n) is 10.5. The van der Waals surface area contributed by atoms with E-state index in [4.69, 9.17) is 0 Å². The Bertz CT molecular complexity index is 495. The van der Waals surface area contributed by atoms with Crippen molar-refractivity contribution < 1.29 is 4.79 Å². The molecule has 1 amide bonds. The predicted octanol–water partition coefficient (Wildman–Crippen LogP) is 3.54.